The third-order valence-corrected chi connectivity index (χ3v) is 3.02. The first-order valence-electron chi connectivity index (χ1n) is 5.01. The summed E-state index contributed by atoms with van der Waals surface area (Å²) in [5.74, 6) is -0.937. The Morgan fingerprint density at radius 1 is 1.56 bits per heavy atom. The molecule has 0 unspecified atom stereocenters. The van der Waals surface area contributed by atoms with E-state index in [-0.39, 0.29) is 23.0 Å². The number of carbonyl (C=O) groups is 1. The van der Waals surface area contributed by atoms with Crippen molar-refractivity contribution in [3.63, 3.8) is 0 Å². The minimum absolute atomic E-state index is 0.149. The summed E-state index contributed by atoms with van der Waals surface area (Å²) in [5.41, 5.74) is 0.149. The Bertz CT molecular complexity index is 424. The van der Waals surface area contributed by atoms with E-state index in [4.69, 9.17) is 11.6 Å². The lowest BCUT2D eigenvalue weighted by molar-refractivity contribution is 0.0764. The van der Waals surface area contributed by atoms with Gasteiger partial charge in [-0.05, 0) is 18.6 Å². The monoisotopic (exact) mass is 243 g/mol. The van der Waals surface area contributed by atoms with Crippen LogP contribution in [0.1, 0.15) is 16.8 Å². The van der Waals surface area contributed by atoms with E-state index in [0.29, 0.717) is 13.0 Å². The first-order valence-corrected chi connectivity index (χ1v) is 5.38. The Labute approximate surface area is 97.4 Å². The number of carbonyl (C=O) groups excluding carboxylic acids is 1. The lowest BCUT2D eigenvalue weighted by Gasteiger charge is -2.16. The van der Waals surface area contributed by atoms with Gasteiger partial charge < -0.3 is 10.0 Å². The van der Waals surface area contributed by atoms with Crippen molar-refractivity contribution in [3.05, 3.63) is 34.6 Å². The summed E-state index contributed by atoms with van der Waals surface area (Å²) < 4.78 is 13.2. The SMILES string of the molecule is O=C(c1cccc(F)c1Cl)N1CC[C@@H](O)C1. The van der Waals surface area contributed by atoms with Gasteiger partial charge in [0, 0.05) is 13.1 Å². The highest BCUT2D eigenvalue weighted by Gasteiger charge is 2.27. The molecular weight excluding hydrogens is 233 g/mol. The topological polar surface area (TPSA) is 40.5 Å². The zero-order chi connectivity index (χ0) is 11.7. The van der Waals surface area contributed by atoms with Crippen molar-refractivity contribution < 1.29 is 14.3 Å². The molecule has 0 saturated carbocycles. The van der Waals surface area contributed by atoms with Crippen LogP contribution in [-0.2, 0) is 0 Å². The number of likely N-dealkylation sites (tertiary alicyclic amines) is 1. The van der Waals surface area contributed by atoms with Crippen LogP contribution in [0.15, 0.2) is 18.2 Å². The Hall–Kier alpha value is -1.13. The summed E-state index contributed by atoms with van der Waals surface area (Å²) in [5, 5.41) is 9.16. The van der Waals surface area contributed by atoms with Crippen LogP contribution in [0.2, 0.25) is 5.02 Å². The third-order valence-electron chi connectivity index (χ3n) is 2.63. The quantitative estimate of drug-likeness (QED) is 0.815. The number of rotatable bonds is 1. The second-order valence-corrected chi connectivity index (χ2v) is 4.17. The van der Waals surface area contributed by atoms with Crippen molar-refractivity contribution in [1.82, 2.24) is 4.90 Å². The molecule has 0 aromatic heterocycles. The molecule has 0 radical (unpaired) electrons. The molecule has 1 amide bonds. The Morgan fingerprint density at radius 3 is 2.94 bits per heavy atom. The van der Waals surface area contributed by atoms with Gasteiger partial charge in [-0.15, -0.1) is 0 Å². The average molecular weight is 244 g/mol. The molecule has 1 atom stereocenters. The van der Waals surface area contributed by atoms with Gasteiger partial charge in [-0.1, -0.05) is 17.7 Å². The van der Waals surface area contributed by atoms with Gasteiger partial charge >= 0.3 is 0 Å². The molecule has 0 spiro atoms. The highest BCUT2D eigenvalue weighted by atomic mass is 35.5. The number of hydrogen-bond donors (Lipinski definition) is 1. The molecule has 1 heterocycles. The summed E-state index contributed by atoms with van der Waals surface area (Å²) in [6, 6.07) is 4.14. The highest BCUT2D eigenvalue weighted by Crippen LogP contribution is 2.22. The van der Waals surface area contributed by atoms with Gasteiger partial charge in [0.2, 0.25) is 0 Å². The summed E-state index contributed by atoms with van der Waals surface area (Å²) in [4.78, 5) is 13.4. The van der Waals surface area contributed by atoms with Gasteiger partial charge in [0.05, 0.1) is 16.7 Å². The summed E-state index contributed by atoms with van der Waals surface area (Å²) in [6.45, 7) is 0.762. The van der Waals surface area contributed by atoms with Crippen molar-refractivity contribution in [2.24, 2.45) is 0 Å². The first kappa shape index (κ1) is 11.4. The number of nitrogens with zero attached hydrogens (tertiary/aromatic N) is 1. The summed E-state index contributed by atoms with van der Waals surface area (Å²) in [7, 11) is 0. The minimum atomic E-state index is -0.604. The maximum Gasteiger partial charge on any atom is 0.255 e. The fourth-order valence-corrected chi connectivity index (χ4v) is 1.97. The molecule has 5 heteroatoms. The van der Waals surface area contributed by atoms with Crippen LogP contribution in [0, 0.1) is 5.82 Å². The molecule has 0 aliphatic carbocycles. The maximum absolute atomic E-state index is 13.2. The van der Waals surface area contributed by atoms with Gasteiger partial charge in [-0.25, -0.2) is 4.39 Å². The van der Waals surface area contributed by atoms with Crippen LogP contribution >= 0.6 is 11.6 Å². The second kappa shape index (κ2) is 4.39. The molecule has 1 fully saturated rings. The molecule has 1 aliphatic heterocycles. The van der Waals surface area contributed by atoms with Gasteiger partial charge in [0.15, 0.2) is 0 Å². The highest BCUT2D eigenvalue weighted by molar-refractivity contribution is 6.34. The molecule has 1 N–H and O–H groups in total. The maximum atomic E-state index is 13.2. The van der Waals surface area contributed by atoms with E-state index >= 15 is 0 Å². The molecule has 1 saturated heterocycles. The molecule has 0 bridgehead atoms. The molecule has 16 heavy (non-hydrogen) atoms. The van der Waals surface area contributed by atoms with Gasteiger partial charge in [-0.3, -0.25) is 4.79 Å². The summed E-state index contributed by atoms with van der Waals surface area (Å²) in [6.07, 6.45) is 0.0647. The number of halogens is 2. The van der Waals surface area contributed by atoms with Crippen LogP contribution in [0.4, 0.5) is 4.39 Å². The van der Waals surface area contributed by atoms with E-state index in [0.717, 1.165) is 0 Å². The normalized spacial score (nSPS) is 20.2. The predicted octanol–water partition coefficient (Wildman–Crippen LogP) is 1.69. The molecule has 1 aliphatic rings. The largest absolute Gasteiger partial charge is 0.391 e. The molecule has 2 rings (SSSR count). The summed E-state index contributed by atoms with van der Waals surface area (Å²) >= 11 is 5.72. The van der Waals surface area contributed by atoms with Crippen molar-refractivity contribution in [3.8, 4) is 0 Å². The fraction of sp³-hybridized carbons (Fsp3) is 0.364. The van der Waals surface area contributed by atoms with Crippen LogP contribution in [0.5, 0.6) is 0 Å². The third kappa shape index (κ3) is 2.03. The van der Waals surface area contributed by atoms with Crippen LogP contribution in [0.3, 0.4) is 0 Å². The Balaban J connectivity index is 2.24. The van der Waals surface area contributed by atoms with Crippen LogP contribution in [0.25, 0.3) is 0 Å². The van der Waals surface area contributed by atoms with E-state index in [2.05, 4.69) is 0 Å². The zero-order valence-corrected chi connectivity index (χ0v) is 9.25. The average Bonchev–Trinajstić information content (AvgIpc) is 2.68. The molecule has 86 valence electrons. The van der Waals surface area contributed by atoms with E-state index in [1.807, 2.05) is 0 Å². The number of aliphatic hydroxyl groups excluding tert-OH is 1. The molecule has 1 aromatic rings. The molecule has 1 aromatic carbocycles. The number of benzene rings is 1. The predicted molar refractivity (Wildman–Crippen MR) is 57.9 cm³/mol. The van der Waals surface area contributed by atoms with E-state index in [1.54, 1.807) is 0 Å². The Kier molecular flexibility index (Phi) is 3.12. The van der Waals surface area contributed by atoms with E-state index in [1.165, 1.54) is 23.1 Å². The second-order valence-electron chi connectivity index (χ2n) is 3.80. The van der Waals surface area contributed by atoms with Crippen LogP contribution < -0.4 is 0 Å². The Morgan fingerprint density at radius 2 is 2.31 bits per heavy atom. The smallest absolute Gasteiger partial charge is 0.255 e. The zero-order valence-electron chi connectivity index (χ0n) is 8.49. The number of β-amino-alcohol motifs (C(OH)–C–C–N with tert-alkyl or cyclic N) is 1. The van der Waals surface area contributed by atoms with Crippen molar-refractivity contribution in [1.29, 1.82) is 0 Å². The van der Waals surface area contributed by atoms with Crippen LogP contribution in [-0.4, -0.2) is 35.1 Å². The number of aliphatic hydroxyl groups is 1. The van der Waals surface area contributed by atoms with Gasteiger partial charge in [0.25, 0.3) is 5.91 Å². The van der Waals surface area contributed by atoms with Gasteiger partial charge in [0.1, 0.15) is 5.82 Å². The van der Waals surface area contributed by atoms with E-state index in [9.17, 15) is 14.3 Å². The number of amides is 1. The lowest BCUT2D eigenvalue weighted by Crippen LogP contribution is -2.29. The molecule has 3 nitrogen and oxygen atoms in total. The van der Waals surface area contributed by atoms with Crippen molar-refractivity contribution in [2.75, 3.05) is 13.1 Å². The van der Waals surface area contributed by atoms with Crippen molar-refractivity contribution in [2.45, 2.75) is 12.5 Å². The lowest BCUT2D eigenvalue weighted by atomic mass is 10.2. The molecular formula is C11H11ClFNO2. The standard InChI is InChI=1S/C11H11ClFNO2/c12-10-8(2-1-3-9(10)13)11(16)14-5-4-7(15)6-14/h1-3,7,15H,4-6H2/t7-/m1/s1. The number of hydrogen-bond acceptors (Lipinski definition) is 2. The van der Waals surface area contributed by atoms with Gasteiger partial charge in [-0.2, -0.15) is 0 Å². The first-order chi connectivity index (χ1) is 7.59. The minimum Gasteiger partial charge on any atom is -0.391 e. The van der Waals surface area contributed by atoms with Crippen molar-refractivity contribution >= 4 is 17.5 Å². The fourth-order valence-electron chi connectivity index (χ4n) is 1.77. The van der Waals surface area contributed by atoms with E-state index < -0.39 is 11.9 Å².